The zero-order valence-corrected chi connectivity index (χ0v) is 13.5. The highest BCUT2D eigenvalue weighted by Gasteiger charge is 2.51. The van der Waals surface area contributed by atoms with Gasteiger partial charge in [0.2, 0.25) is 17.7 Å². The summed E-state index contributed by atoms with van der Waals surface area (Å²) in [5, 5.41) is 2.65. The molecule has 1 saturated carbocycles. The smallest absolute Gasteiger partial charge is 0.237 e. The third-order valence-corrected chi connectivity index (χ3v) is 5.15. The summed E-state index contributed by atoms with van der Waals surface area (Å²) in [6.07, 6.45) is 2.67. The molecule has 1 aromatic carbocycles. The molecule has 0 radical (unpaired) electrons. The van der Waals surface area contributed by atoms with Crippen molar-refractivity contribution in [3.8, 4) is 0 Å². The minimum Gasteiger partial charge on any atom is -0.359 e. The van der Waals surface area contributed by atoms with Crippen LogP contribution in [0.2, 0.25) is 0 Å². The van der Waals surface area contributed by atoms with E-state index in [1.54, 1.807) is 7.05 Å². The van der Waals surface area contributed by atoms with Crippen LogP contribution in [0.5, 0.6) is 0 Å². The number of aryl methyl sites for hydroxylation is 1. The minimum absolute atomic E-state index is 0.0329. The fourth-order valence-electron chi connectivity index (χ4n) is 3.76. The molecule has 1 N–H and O–H groups in total. The van der Waals surface area contributed by atoms with Gasteiger partial charge in [0.25, 0.3) is 0 Å². The maximum Gasteiger partial charge on any atom is 0.237 e. The predicted molar refractivity (Wildman–Crippen MR) is 86.7 cm³/mol. The van der Waals surface area contributed by atoms with Crippen molar-refractivity contribution in [1.82, 2.24) is 5.32 Å². The number of amides is 3. The van der Waals surface area contributed by atoms with E-state index in [9.17, 15) is 14.4 Å². The van der Waals surface area contributed by atoms with E-state index >= 15 is 0 Å². The van der Waals surface area contributed by atoms with Crippen molar-refractivity contribution in [1.29, 1.82) is 0 Å². The van der Waals surface area contributed by atoms with Crippen molar-refractivity contribution < 1.29 is 14.4 Å². The van der Waals surface area contributed by atoms with Crippen molar-refractivity contribution >= 4 is 23.4 Å². The molecule has 1 aliphatic heterocycles. The lowest BCUT2D eigenvalue weighted by atomic mass is 9.75. The SMILES string of the molecule is CCc1ccc(N2C(=O)C3CCC(C(=O)NC)CC3C2=O)cc1. The number of nitrogens with zero attached hydrogens (tertiary/aromatic N) is 1. The fraction of sp³-hybridized carbons (Fsp3) is 0.500. The van der Waals surface area contributed by atoms with Gasteiger partial charge in [-0.05, 0) is 43.4 Å². The predicted octanol–water partition coefficient (Wildman–Crippen LogP) is 1.90. The molecule has 5 nitrogen and oxygen atoms in total. The van der Waals surface area contributed by atoms with Crippen molar-refractivity contribution in [2.75, 3.05) is 11.9 Å². The molecular formula is C18H22N2O3. The summed E-state index contributed by atoms with van der Waals surface area (Å²) >= 11 is 0. The van der Waals surface area contributed by atoms with E-state index in [0.717, 1.165) is 6.42 Å². The standard InChI is InChI=1S/C18H22N2O3/c1-3-11-4-7-13(8-5-11)20-17(22)14-9-6-12(16(21)19-2)10-15(14)18(20)23/h4-5,7-8,12,14-15H,3,6,9-10H2,1-2H3,(H,19,21). The highest BCUT2D eigenvalue weighted by Crippen LogP contribution is 2.42. The maximum atomic E-state index is 12.7. The van der Waals surface area contributed by atoms with Gasteiger partial charge < -0.3 is 5.32 Å². The molecule has 3 unspecified atom stereocenters. The number of anilines is 1. The molecule has 3 rings (SSSR count). The van der Waals surface area contributed by atoms with Crippen LogP contribution in [0.25, 0.3) is 0 Å². The second kappa shape index (κ2) is 6.14. The third-order valence-electron chi connectivity index (χ3n) is 5.15. The number of carbonyl (C=O) groups excluding carboxylic acids is 3. The van der Waals surface area contributed by atoms with E-state index in [0.29, 0.717) is 24.9 Å². The molecular weight excluding hydrogens is 292 g/mol. The summed E-state index contributed by atoms with van der Waals surface area (Å²) in [7, 11) is 1.61. The van der Waals surface area contributed by atoms with Gasteiger partial charge in [0.1, 0.15) is 0 Å². The first-order valence-corrected chi connectivity index (χ1v) is 8.25. The molecule has 1 aromatic rings. The number of fused-ring (bicyclic) bond motifs is 1. The van der Waals surface area contributed by atoms with Crippen LogP contribution in [0.15, 0.2) is 24.3 Å². The molecule has 122 valence electrons. The molecule has 3 atom stereocenters. The van der Waals surface area contributed by atoms with Crippen LogP contribution in [0, 0.1) is 17.8 Å². The molecule has 0 bridgehead atoms. The van der Waals surface area contributed by atoms with Crippen molar-refractivity contribution in [3.63, 3.8) is 0 Å². The summed E-state index contributed by atoms with van der Waals surface area (Å²) in [5.41, 5.74) is 1.81. The Bertz CT molecular complexity index is 638. The second-order valence-corrected chi connectivity index (χ2v) is 6.37. The molecule has 5 heteroatoms. The summed E-state index contributed by atoms with van der Waals surface area (Å²) in [4.78, 5) is 38.6. The zero-order valence-electron chi connectivity index (χ0n) is 13.5. The number of hydrogen-bond acceptors (Lipinski definition) is 3. The highest BCUT2D eigenvalue weighted by molar-refractivity contribution is 6.22. The van der Waals surface area contributed by atoms with Crippen LogP contribution >= 0.6 is 0 Å². The van der Waals surface area contributed by atoms with E-state index in [1.807, 2.05) is 24.3 Å². The Morgan fingerprint density at radius 3 is 2.39 bits per heavy atom. The molecule has 0 spiro atoms. The van der Waals surface area contributed by atoms with Crippen LogP contribution in [0.1, 0.15) is 31.7 Å². The average Bonchev–Trinajstić information content (AvgIpc) is 2.85. The topological polar surface area (TPSA) is 66.5 Å². The molecule has 2 aliphatic rings. The van der Waals surface area contributed by atoms with E-state index < -0.39 is 0 Å². The van der Waals surface area contributed by atoms with Crippen LogP contribution in [0.4, 0.5) is 5.69 Å². The van der Waals surface area contributed by atoms with Crippen molar-refractivity contribution in [3.05, 3.63) is 29.8 Å². The van der Waals surface area contributed by atoms with E-state index in [4.69, 9.17) is 0 Å². The number of imide groups is 1. The lowest BCUT2D eigenvalue weighted by Crippen LogP contribution is -2.35. The van der Waals surface area contributed by atoms with Gasteiger partial charge in [-0.25, -0.2) is 0 Å². The van der Waals surface area contributed by atoms with E-state index in [2.05, 4.69) is 12.2 Å². The number of rotatable bonds is 3. The monoisotopic (exact) mass is 314 g/mol. The number of carbonyl (C=O) groups is 3. The summed E-state index contributed by atoms with van der Waals surface area (Å²) in [5.74, 6) is -1.09. The van der Waals surface area contributed by atoms with Crippen molar-refractivity contribution in [2.24, 2.45) is 17.8 Å². The van der Waals surface area contributed by atoms with Crippen LogP contribution in [-0.4, -0.2) is 24.8 Å². The first kappa shape index (κ1) is 15.7. The Hall–Kier alpha value is -2.17. The van der Waals surface area contributed by atoms with Crippen LogP contribution < -0.4 is 10.2 Å². The Balaban J connectivity index is 1.83. The van der Waals surface area contributed by atoms with Gasteiger partial charge in [-0.3, -0.25) is 19.3 Å². The first-order chi connectivity index (χ1) is 11.1. The molecule has 2 fully saturated rings. The summed E-state index contributed by atoms with van der Waals surface area (Å²) in [6.45, 7) is 2.06. The summed E-state index contributed by atoms with van der Waals surface area (Å²) in [6, 6.07) is 7.57. The van der Waals surface area contributed by atoms with Crippen LogP contribution in [0.3, 0.4) is 0 Å². The molecule has 1 heterocycles. The van der Waals surface area contributed by atoms with Gasteiger partial charge in [-0.15, -0.1) is 0 Å². The normalized spacial score (nSPS) is 27.0. The van der Waals surface area contributed by atoms with Gasteiger partial charge in [0.05, 0.1) is 17.5 Å². The average molecular weight is 314 g/mol. The van der Waals surface area contributed by atoms with Gasteiger partial charge in [0, 0.05) is 13.0 Å². The fourth-order valence-corrected chi connectivity index (χ4v) is 3.76. The van der Waals surface area contributed by atoms with E-state index in [-0.39, 0.29) is 35.5 Å². The summed E-state index contributed by atoms with van der Waals surface area (Å²) < 4.78 is 0. The Kier molecular flexibility index (Phi) is 4.20. The minimum atomic E-state index is -0.357. The maximum absolute atomic E-state index is 12.7. The highest BCUT2D eigenvalue weighted by atomic mass is 16.2. The number of nitrogens with one attached hydrogen (secondary N) is 1. The van der Waals surface area contributed by atoms with E-state index in [1.165, 1.54) is 10.5 Å². The lowest BCUT2D eigenvalue weighted by Gasteiger charge is -2.27. The first-order valence-electron chi connectivity index (χ1n) is 8.25. The van der Waals surface area contributed by atoms with Gasteiger partial charge >= 0.3 is 0 Å². The third kappa shape index (κ3) is 2.64. The number of hydrogen-bond donors (Lipinski definition) is 1. The lowest BCUT2D eigenvalue weighted by molar-refractivity contribution is -0.129. The van der Waals surface area contributed by atoms with Crippen molar-refractivity contribution in [2.45, 2.75) is 32.6 Å². The Morgan fingerprint density at radius 2 is 1.78 bits per heavy atom. The largest absolute Gasteiger partial charge is 0.359 e. The molecule has 0 aromatic heterocycles. The molecule has 1 saturated heterocycles. The zero-order chi connectivity index (χ0) is 16.6. The molecule has 23 heavy (non-hydrogen) atoms. The second-order valence-electron chi connectivity index (χ2n) is 6.37. The quantitative estimate of drug-likeness (QED) is 0.867. The molecule has 1 aliphatic carbocycles. The molecule has 3 amide bonds. The Morgan fingerprint density at radius 1 is 1.13 bits per heavy atom. The van der Waals surface area contributed by atoms with Crippen LogP contribution in [-0.2, 0) is 20.8 Å². The Labute approximate surface area is 136 Å². The van der Waals surface area contributed by atoms with Gasteiger partial charge in [-0.2, -0.15) is 0 Å². The van der Waals surface area contributed by atoms with Gasteiger partial charge in [0.15, 0.2) is 0 Å². The van der Waals surface area contributed by atoms with Gasteiger partial charge in [-0.1, -0.05) is 19.1 Å². The number of benzene rings is 1.